The molecule has 0 aromatic rings. The molecule has 140 valence electrons. The standard InChI is InChI=1S/C22H28O4/c1-6-25-20(23)17-14-13-11-10-8-22(5,9(3)4)19(15(11)14)16(12(10)13)18(17)21(24)26-7-2/h10-16,19H,3,6-8H2,1-2,4-5H3/t10-,11+,12-,13+,14-,15?,16-,19+,22+/m1/s1. The van der Waals surface area contributed by atoms with E-state index in [0.29, 0.717) is 53.9 Å². The normalized spacial score (nSPS) is 48.6. The molecule has 8 bridgehead atoms. The monoisotopic (exact) mass is 356 g/mol. The average molecular weight is 356 g/mol. The molecule has 0 spiro atoms. The van der Waals surface area contributed by atoms with Gasteiger partial charge in [-0.05, 0) is 80.0 Å². The van der Waals surface area contributed by atoms with Gasteiger partial charge in [0.25, 0.3) is 0 Å². The third-order valence-electron chi connectivity index (χ3n) is 8.69. The maximum atomic E-state index is 12.9. The lowest BCUT2D eigenvalue weighted by atomic mass is 9.18. The van der Waals surface area contributed by atoms with Crippen LogP contribution in [-0.4, -0.2) is 25.2 Å². The third-order valence-corrected chi connectivity index (χ3v) is 8.69. The highest BCUT2D eigenvalue weighted by Crippen LogP contribution is 2.86. The SMILES string of the molecule is C=C(C)[C@]1(C)C[C@@H]2[C@@H]3C4[C@@H]5C(C(=O)OCC)=C(C(=O)OCC)[C@@H]([C@H]2[C@H]35)[C@H]41. The van der Waals surface area contributed by atoms with E-state index in [1.54, 1.807) is 0 Å². The number of carbonyl (C=O) groups is 2. The van der Waals surface area contributed by atoms with Gasteiger partial charge in [0.2, 0.25) is 0 Å². The summed E-state index contributed by atoms with van der Waals surface area (Å²) in [5.41, 5.74) is 2.61. The van der Waals surface area contributed by atoms with Crippen LogP contribution in [-0.2, 0) is 19.1 Å². The van der Waals surface area contributed by atoms with E-state index in [-0.39, 0.29) is 29.2 Å². The van der Waals surface area contributed by atoms with Gasteiger partial charge in [-0.3, -0.25) is 0 Å². The largest absolute Gasteiger partial charge is 0.463 e. The molecule has 0 heterocycles. The van der Waals surface area contributed by atoms with Crippen LogP contribution in [0, 0.1) is 52.8 Å². The molecule has 0 saturated heterocycles. The van der Waals surface area contributed by atoms with Gasteiger partial charge in [0.1, 0.15) is 0 Å². The molecule has 0 aromatic carbocycles. The summed E-state index contributed by atoms with van der Waals surface area (Å²) in [4.78, 5) is 25.7. The molecule has 9 atom stereocenters. The smallest absolute Gasteiger partial charge is 0.334 e. The third kappa shape index (κ3) is 1.55. The van der Waals surface area contributed by atoms with E-state index < -0.39 is 0 Å². The molecule has 8 rings (SSSR count). The van der Waals surface area contributed by atoms with Crippen molar-refractivity contribution in [1.82, 2.24) is 0 Å². The minimum absolute atomic E-state index is 0.0641. The van der Waals surface area contributed by atoms with E-state index in [1.807, 2.05) is 13.8 Å². The topological polar surface area (TPSA) is 52.6 Å². The summed E-state index contributed by atoms with van der Waals surface area (Å²) in [5.74, 6) is 3.32. The quantitative estimate of drug-likeness (QED) is 0.560. The Kier molecular flexibility index (Phi) is 3.20. The summed E-state index contributed by atoms with van der Waals surface area (Å²) in [5, 5.41) is 0. The second kappa shape index (κ2) is 5.02. The predicted molar refractivity (Wildman–Crippen MR) is 95.8 cm³/mol. The van der Waals surface area contributed by atoms with Crippen molar-refractivity contribution in [2.24, 2.45) is 52.8 Å². The lowest BCUT2D eigenvalue weighted by Gasteiger charge is -2.85. The van der Waals surface area contributed by atoms with Gasteiger partial charge in [0.15, 0.2) is 0 Å². The van der Waals surface area contributed by atoms with Gasteiger partial charge in [-0.25, -0.2) is 9.59 Å². The molecule has 0 radical (unpaired) electrons. The fraction of sp³-hybridized carbons (Fsp3) is 0.727. The summed E-state index contributed by atoms with van der Waals surface area (Å²) in [6, 6.07) is 0. The minimum Gasteiger partial charge on any atom is -0.463 e. The highest BCUT2D eigenvalue weighted by Gasteiger charge is 2.84. The molecule has 1 unspecified atom stereocenters. The van der Waals surface area contributed by atoms with Crippen LogP contribution >= 0.6 is 0 Å². The molecular weight excluding hydrogens is 328 g/mol. The maximum Gasteiger partial charge on any atom is 0.334 e. The number of hydrogen-bond acceptors (Lipinski definition) is 4. The Morgan fingerprint density at radius 1 is 1.00 bits per heavy atom. The zero-order valence-electron chi connectivity index (χ0n) is 16.1. The van der Waals surface area contributed by atoms with Crippen LogP contribution in [0.2, 0.25) is 0 Å². The Hall–Kier alpha value is -1.58. The second-order valence-electron chi connectivity index (χ2n) is 9.22. The highest BCUT2D eigenvalue weighted by molar-refractivity contribution is 6.02. The van der Waals surface area contributed by atoms with Gasteiger partial charge >= 0.3 is 11.9 Å². The van der Waals surface area contributed by atoms with Crippen molar-refractivity contribution in [1.29, 1.82) is 0 Å². The van der Waals surface area contributed by atoms with Gasteiger partial charge in [0.05, 0.1) is 24.4 Å². The number of rotatable bonds is 5. The predicted octanol–water partition coefficient (Wildman–Crippen LogP) is 3.38. The Morgan fingerprint density at radius 2 is 1.58 bits per heavy atom. The van der Waals surface area contributed by atoms with Crippen LogP contribution in [0.4, 0.5) is 0 Å². The minimum atomic E-state index is -0.289. The van der Waals surface area contributed by atoms with Crippen LogP contribution in [0.3, 0.4) is 0 Å². The fourth-order valence-electron chi connectivity index (χ4n) is 7.96. The van der Waals surface area contributed by atoms with Crippen LogP contribution in [0.15, 0.2) is 23.3 Å². The summed E-state index contributed by atoms with van der Waals surface area (Å²) >= 11 is 0. The first kappa shape index (κ1) is 16.6. The molecule has 6 fully saturated rings. The van der Waals surface area contributed by atoms with E-state index in [1.165, 1.54) is 12.0 Å². The van der Waals surface area contributed by atoms with Crippen molar-refractivity contribution in [3.8, 4) is 0 Å². The molecule has 8 aliphatic carbocycles. The molecule has 0 N–H and O–H groups in total. The molecule has 6 saturated carbocycles. The zero-order valence-corrected chi connectivity index (χ0v) is 16.1. The molecule has 26 heavy (non-hydrogen) atoms. The molecule has 0 aliphatic heterocycles. The number of hydrogen-bond donors (Lipinski definition) is 0. The number of esters is 2. The van der Waals surface area contributed by atoms with E-state index in [4.69, 9.17) is 9.47 Å². The van der Waals surface area contributed by atoms with Gasteiger partial charge in [0, 0.05) is 0 Å². The van der Waals surface area contributed by atoms with E-state index >= 15 is 0 Å². The Bertz CT molecular complexity index is 764. The van der Waals surface area contributed by atoms with E-state index in [2.05, 4.69) is 20.4 Å². The van der Waals surface area contributed by atoms with Crippen molar-refractivity contribution in [2.45, 2.75) is 34.1 Å². The van der Waals surface area contributed by atoms with Gasteiger partial charge in [-0.15, -0.1) is 0 Å². The van der Waals surface area contributed by atoms with E-state index in [0.717, 1.165) is 5.92 Å². The van der Waals surface area contributed by atoms with Crippen molar-refractivity contribution in [2.75, 3.05) is 13.2 Å². The zero-order chi connectivity index (χ0) is 18.5. The van der Waals surface area contributed by atoms with E-state index in [9.17, 15) is 9.59 Å². The molecule has 8 aliphatic rings. The first-order chi connectivity index (χ1) is 12.4. The number of carbonyl (C=O) groups excluding carboxylic acids is 2. The summed E-state index contributed by atoms with van der Waals surface area (Å²) in [7, 11) is 0. The van der Waals surface area contributed by atoms with Crippen molar-refractivity contribution in [3.63, 3.8) is 0 Å². The van der Waals surface area contributed by atoms with Crippen molar-refractivity contribution >= 4 is 11.9 Å². The summed E-state index contributed by atoms with van der Waals surface area (Å²) in [6.07, 6.45) is 1.20. The molecule has 0 aromatic heterocycles. The van der Waals surface area contributed by atoms with Crippen LogP contribution < -0.4 is 0 Å². The average Bonchev–Trinajstić information content (AvgIpc) is 2.57. The molecular formula is C22H28O4. The van der Waals surface area contributed by atoms with Crippen LogP contribution in [0.1, 0.15) is 34.1 Å². The van der Waals surface area contributed by atoms with Crippen molar-refractivity contribution in [3.05, 3.63) is 23.3 Å². The number of allylic oxidation sites excluding steroid dienone is 1. The lowest BCUT2D eigenvalue weighted by molar-refractivity contribution is -0.350. The Morgan fingerprint density at radius 3 is 2.12 bits per heavy atom. The van der Waals surface area contributed by atoms with Gasteiger partial charge in [-0.2, -0.15) is 0 Å². The maximum absolute atomic E-state index is 12.9. The number of ether oxygens (including phenoxy) is 2. The van der Waals surface area contributed by atoms with Gasteiger partial charge < -0.3 is 9.47 Å². The first-order valence-corrected chi connectivity index (χ1v) is 10.1. The van der Waals surface area contributed by atoms with Crippen molar-refractivity contribution < 1.29 is 19.1 Å². The summed E-state index contributed by atoms with van der Waals surface area (Å²) < 4.78 is 10.8. The molecule has 4 nitrogen and oxygen atoms in total. The second-order valence-corrected chi connectivity index (χ2v) is 9.22. The van der Waals surface area contributed by atoms with Gasteiger partial charge in [-0.1, -0.05) is 19.1 Å². The molecule has 0 amide bonds. The highest BCUT2D eigenvalue weighted by atomic mass is 16.5. The van der Waals surface area contributed by atoms with Crippen LogP contribution in [0.5, 0.6) is 0 Å². The fourth-order valence-corrected chi connectivity index (χ4v) is 7.96. The Balaban J connectivity index is 1.66. The lowest BCUT2D eigenvalue weighted by Crippen LogP contribution is -2.82. The Labute approximate surface area is 155 Å². The van der Waals surface area contributed by atoms with Crippen LogP contribution in [0.25, 0.3) is 0 Å². The number of fused-ring (bicyclic) bond motifs is 1. The summed E-state index contributed by atoms with van der Waals surface area (Å²) in [6.45, 7) is 13.1. The molecule has 4 heteroatoms. The first-order valence-electron chi connectivity index (χ1n) is 10.1.